The molecule has 9 saturated heterocycles. The van der Waals surface area contributed by atoms with Crippen molar-refractivity contribution in [3.63, 3.8) is 0 Å². The summed E-state index contributed by atoms with van der Waals surface area (Å²) in [6, 6.07) is 0. The second-order valence-corrected chi connectivity index (χ2v) is 20.0. The molecule has 9 aliphatic rings. The van der Waals surface area contributed by atoms with Crippen LogP contribution in [0.15, 0.2) is 0 Å². The zero-order valence-corrected chi connectivity index (χ0v) is 40.9. The van der Waals surface area contributed by atoms with Crippen molar-refractivity contribution >= 4 is 0 Å². The van der Waals surface area contributed by atoms with Gasteiger partial charge >= 0.3 is 0 Å². The second-order valence-electron chi connectivity index (χ2n) is 20.0. The standard InChI is InChI=1S/C48H80O22/c1-52-31-6-10-42(55-22-31)70-39-27-59-47(17-36(39)66-41-9-3-28(18-49)21-54-41)63-32-7-11-40(56-23-32)64-34-15-37(68-45-14-5-30(20-51)62-45)48(60-25-34)65-33-8-12-43(57-24-33)69-38-26-58-46(53-2)16-35(38)67-44-13-4-29(19-50)61-44/h28-51H,3-27H2,1-2H3/t28?,29?,30-,31?,32?,33?,34?,35?,36?,37?,38?,39?,40?,41?,42?,43?,44?,45?,46?,47?,48?/m0/s1. The predicted molar refractivity (Wildman–Crippen MR) is 236 cm³/mol. The Morgan fingerprint density at radius 1 is 0.329 bits per heavy atom. The minimum absolute atomic E-state index is 0.0408. The summed E-state index contributed by atoms with van der Waals surface area (Å²) >= 11 is 0. The van der Waals surface area contributed by atoms with Gasteiger partial charge in [0, 0.05) is 78.1 Å². The highest BCUT2D eigenvalue weighted by Gasteiger charge is 2.44. The Morgan fingerprint density at radius 3 is 1.31 bits per heavy atom. The van der Waals surface area contributed by atoms with Crippen LogP contribution >= 0.6 is 0 Å². The summed E-state index contributed by atoms with van der Waals surface area (Å²) in [5.74, 6) is 0.115. The molecule has 22 heteroatoms. The van der Waals surface area contributed by atoms with Gasteiger partial charge in [0.15, 0.2) is 56.6 Å². The molecule has 0 radical (unpaired) electrons. The summed E-state index contributed by atoms with van der Waals surface area (Å²) < 4.78 is 117. The molecule has 0 spiro atoms. The van der Waals surface area contributed by atoms with Crippen LogP contribution in [0.2, 0.25) is 0 Å². The lowest BCUT2D eigenvalue weighted by Gasteiger charge is -2.42. The molecule has 9 rings (SSSR count). The quantitative estimate of drug-likeness (QED) is 0.149. The maximum absolute atomic E-state index is 9.74. The van der Waals surface area contributed by atoms with Crippen molar-refractivity contribution in [3.8, 4) is 0 Å². The van der Waals surface area contributed by atoms with Gasteiger partial charge in [-0.3, -0.25) is 0 Å². The first-order chi connectivity index (χ1) is 34.3. The molecule has 0 bridgehead atoms. The van der Waals surface area contributed by atoms with Gasteiger partial charge in [-0.05, 0) is 44.9 Å². The molecule has 3 N–H and O–H groups in total. The van der Waals surface area contributed by atoms with Crippen molar-refractivity contribution in [2.75, 3.05) is 80.3 Å². The van der Waals surface area contributed by atoms with Gasteiger partial charge < -0.3 is 105 Å². The molecule has 0 saturated carbocycles. The molecule has 22 nitrogen and oxygen atoms in total. The Bertz CT molecular complexity index is 1470. The SMILES string of the molecule is COC1CCC(OC2COC(OC3CCC(OC4COC(OC5CCC(OC6COC(OC)CC6OC6CCC(CO)O6)OC5)C(OC5CC[C@@H](CO)O5)C4)OC3)CC2OC2CCC(CO)CO2)OC1. The van der Waals surface area contributed by atoms with E-state index in [0.717, 1.165) is 19.3 Å². The van der Waals surface area contributed by atoms with E-state index in [0.29, 0.717) is 96.9 Å². The van der Waals surface area contributed by atoms with Crippen LogP contribution in [0.25, 0.3) is 0 Å². The highest BCUT2D eigenvalue weighted by atomic mass is 16.8. The van der Waals surface area contributed by atoms with E-state index in [2.05, 4.69) is 0 Å². The summed E-state index contributed by atoms with van der Waals surface area (Å²) in [5.41, 5.74) is 0. The molecule has 9 heterocycles. The molecular formula is C48H80O22. The fourth-order valence-corrected chi connectivity index (χ4v) is 10.6. The van der Waals surface area contributed by atoms with Crippen LogP contribution < -0.4 is 0 Å². The highest BCUT2D eigenvalue weighted by Crippen LogP contribution is 2.35. The maximum atomic E-state index is 9.74. The monoisotopic (exact) mass is 1010 g/mol. The van der Waals surface area contributed by atoms with Crippen LogP contribution in [0.1, 0.15) is 96.3 Å². The van der Waals surface area contributed by atoms with Gasteiger partial charge in [-0.1, -0.05) is 0 Å². The van der Waals surface area contributed by atoms with Crippen LogP contribution in [0.5, 0.6) is 0 Å². The minimum Gasteiger partial charge on any atom is -0.396 e. The zero-order valence-electron chi connectivity index (χ0n) is 40.9. The summed E-state index contributed by atoms with van der Waals surface area (Å²) in [7, 11) is 3.29. The molecule has 0 aliphatic carbocycles. The third kappa shape index (κ3) is 15.4. The molecule has 21 atom stereocenters. The van der Waals surface area contributed by atoms with Crippen LogP contribution in [0.4, 0.5) is 0 Å². The van der Waals surface area contributed by atoms with E-state index in [4.69, 9.17) is 90.0 Å². The number of aliphatic hydroxyl groups excluding tert-OH is 3. The fourth-order valence-electron chi connectivity index (χ4n) is 10.6. The predicted octanol–water partition coefficient (Wildman–Crippen LogP) is 2.12. The second kappa shape index (κ2) is 27.3. The van der Waals surface area contributed by atoms with Crippen molar-refractivity contribution < 1.29 is 105 Å². The molecule has 9 fully saturated rings. The van der Waals surface area contributed by atoms with Crippen molar-refractivity contribution in [2.45, 2.75) is 220 Å². The number of hydrogen-bond acceptors (Lipinski definition) is 22. The van der Waals surface area contributed by atoms with E-state index in [1.54, 1.807) is 14.2 Å². The molecule has 0 aromatic rings. The topological polar surface area (TPSA) is 236 Å². The normalized spacial score (nSPS) is 45.5. The number of hydrogen-bond donors (Lipinski definition) is 3. The van der Waals surface area contributed by atoms with Gasteiger partial charge in [-0.15, -0.1) is 0 Å². The maximum Gasteiger partial charge on any atom is 0.184 e. The van der Waals surface area contributed by atoms with Crippen LogP contribution in [-0.4, -0.2) is 219 Å². The Balaban J connectivity index is 0.723. The molecule has 9 aliphatic heterocycles. The number of rotatable bonds is 21. The number of methoxy groups -OCH3 is 2. The van der Waals surface area contributed by atoms with Crippen molar-refractivity contribution in [3.05, 3.63) is 0 Å². The van der Waals surface area contributed by atoms with Crippen molar-refractivity contribution in [2.24, 2.45) is 5.92 Å². The first-order valence-electron chi connectivity index (χ1n) is 26.1. The van der Waals surface area contributed by atoms with Gasteiger partial charge in [0.25, 0.3) is 0 Å². The fraction of sp³-hybridized carbons (Fsp3) is 1.00. The summed E-state index contributed by atoms with van der Waals surface area (Å²) in [5, 5.41) is 28.9. The lowest BCUT2D eigenvalue weighted by atomic mass is 10.0. The molecule has 20 unspecified atom stereocenters. The van der Waals surface area contributed by atoms with E-state index in [-0.39, 0.29) is 113 Å². The third-order valence-electron chi connectivity index (χ3n) is 14.8. The van der Waals surface area contributed by atoms with Crippen molar-refractivity contribution in [1.82, 2.24) is 0 Å². The average molecular weight is 1010 g/mol. The Kier molecular flexibility index (Phi) is 21.0. The summed E-state index contributed by atoms with van der Waals surface area (Å²) in [6.45, 7) is 2.32. The third-order valence-corrected chi connectivity index (χ3v) is 14.8. The highest BCUT2D eigenvalue weighted by molar-refractivity contribution is 4.85. The first-order valence-corrected chi connectivity index (χ1v) is 26.1. The van der Waals surface area contributed by atoms with E-state index in [1.807, 2.05) is 0 Å². The van der Waals surface area contributed by atoms with Gasteiger partial charge in [0.1, 0.15) is 18.3 Å². The Labute approximate surface area is 410 Å². The molecule has 0 amide bonds. The summed E-state index contributed by atoms with van der Waals surface area (Å²) in [6.07, 6.45) is 2.16. The van der Waals surface area contributed by atoms with Crippen LogP contribution in [0, 0.1) is 5.92 Å². The Morgan fingerprint density at radius 2 is 0.786 bits per heavy atom. The van der Waals surface area contributed by atoms with Gasteiger partial charge in [0.05, 0.1) is 108 Å². The molecule has 70 heavy (non-hydrogen) atoms. The van der Waals surface area contributed by atoms with E-state index in [9.17, 15) is 15.3 Å². The largest absolute Gasteiger partial charge is 0.396 e. The zero-order chi connectivity index (χ0) is 48.2. The van der Waals surface area contributed by atoms with E-state index in [1.165, 1.54) is 0 Å². The van der Waals surface area contributed by atoms with E-state index < -0.39 is 62.5 Å². The lowest BCUT2D eigenvalue weighted by molar-refractivity contribution is -0.329. The van der Waals surface area contributed by atoms with Gasteiger partial charge in [0.2, 0.25) is 0 Å². The number of ether oxygens (including phenoxy) is 19. The first kappa shape index (κ1) is 53.9. The van der Waals surface area contributed by atoms with Crippen molar-refractivity contribution in [1.29, 1.82) is 0 Å². The lowest BCUT2D eigenvalue weighted by Crippen LogP contribution is -2.51. The average Bonchev–Trinajstić information content (AvgIpc) is 4.07. The van der Waals surface area contributed by atoms with Gasteiger partial charge in [-0.2, -0.15) is 0 Å². The molecular weight excluding hydrogens is 929 g/mol. The summed E-state index contributed by atoms with van der Waals surface area (Å²) in [4.78, 5) is 0. The minimum atomic E-state index is -0.703. The van der Waals surface area contributed by atoms with Crippen LogP contribution in [0.3, 0.4) is 0 Å². The Hall–Kier alpha value is -0.880. The van der Waals surface area contributed by atoms with E-state index >= 15 is 0 Å². The molecule has 0 aromatic heterocycles. The van der Waals surface area contributed by atoms with Gasteiger partial charge in [-0.25, -0.2) is 0 Å². The molecule has 0 aromatic carbocycles. The molecule has 404 valence electrons. The smallest absolute Gasteiger partial charge is 0.184 e. The number of aliphatic hydroxyl groups is 3. The van der Waals surface area contributed by atoms with Crippen LogP contribution in [-0.2, 0) is 90.0 Å².